The summed E-state index contributed by atoms with van der Waals surface area (Å²) in [6.07, 6.45) is 0.0601. The first-order valence-electron chi connectivity index (χ1n) is 6.21. The number of thioether (sulfide) groups is 2. The maximum atomic E-state index is 12.0. The summed E-state index contributed by atoms with van der Waals surface area (Å²) >= 11 is 3.42. The predicted octanol–water partition coefficient (Wildman–Crippen LogP) is 1.29. The van der Waals surface area contributed by atoms with Crippen LogP contribution in [-0.2, 0) is 23.9 Å². The van der Waals surface area contributed by atoms with Crippen molar-refractivity contribution in [2.45, 2.75) is 23.5 Å². The van der Waals surface area contributed by atoms with Crippen molar-refractivity contribution >= 4 is 41.2 Å². The van der Waals surface area contributed by atoms with Gasteiger partial charge in [0.1, 0.15) is 9.79 Å². The molecule has 2 atom stereocenters. The second kappa shape index (κ2) is 6.26. The second-order valence-electron chi connectivity index (χ2n) is 4.52. The van der Waals surface area contributed by atoms with Crippen molar-refractivity contribution < 1.29 is 23.9 Å². The van der Waals surface area contributed by atoms with Crippen LogP contribution in [-0.4, -0.2) is 53.6 Å². The van der Waals surface area contributed by atoms with Crippen molar-refractivity contribution in [3.05, 3.63) is 0 Å². The topological polar surface area (TPSA) is 74.2 Å². The third kappa shape index (κ3) is 2.76. The Labute approximate surface area is 126 Å². The minimum atomic E-state index is -1.05. The highest BCUT2D eigenvalue weighted by molar-refractivity contribution is 8.19. The maximum Gasteiger partial charge on any atom is 0.351 e. The summed E-state index contributed by atoms with van der Waals surface area (Å²) in [6.45, 7) is 2.00. The Kier molecular flexibility index (Phi) is 4.85. The van der Waals surface area contributed by atoms with Crippen LogP contribution in [0.3, 0.4) is 0 Å². The van der Waals surface area contributed by atoms with Gasteiger partial charge >= 0.3 is 11.9 Å². The minimum absolute atomic E-state index is 0.375. The van der Waals surface area contributed by atoms with E-state index >= 15 is 0 Å². The lowest BCUT2D eigenvalue weighted by atomic mass is 9.95. The fraction of sp³-hybridized carbons (Fsp3) is 0.750. The molecule has 112 valence electrons. The normalized spacial score (nSPS) is 28.2. The van der Waals surface area contributed by atoms with Gasteiger partial charge in [-0.1, -0.05) is 5.16 Å². The molecule has 0 N–H and O–H groups in total. The molecule has 8 heteroatoms. The Morgan fingerprint density at radius 3 is 2.40 bits per heavy atom. The zero-order valence-electron chi connectivity index (χ0n) is 11.6. The van der Waals surface area contributed by atoms with Crippen molar-refractivity contribution in [2.75, 3.05) is 25.7 Å². The standard InChI is InChI=1S/C12H17NO5S2/c1-12(19-5-4-6-20-12)9-7(10(14)16-2)8(18-13-9)11(15)17-3/h7-8H,4-6H2,1-3H3/t7-,8+/m0/s1. The molecule has 0 bridgehead atoms. The fourth-order valence-corrected chi connectivity index (χ4v) is 5.18. The first kappa shape index (κ1) is 15.5. The van der Waals surface area contributed by atoms with Crippen LogP contribution >= 0.6 is 23.5 Å². The minimum Gasteiger partial charge on any atom is -0.468 e. The molecular formula is C12H17NO5S2. The van der Waals surface area contributed by atoms with Crippen molar-refractivity contribution in [1.29, 1.82) is 0 Å². The molecule has 0 unspecified atom stereocenters. The summed E-state index contributed by atoms with van der Waals surface area (Å²) in [5, 5.41) is 4.01. The fourth-order valence-electron chi connectivity index (χ4n) is 2.18. The van der Waals surface area contributed by atoms with Gasteiger partial charge in [0, 0.05) is 0 Å². The SMILES string of the molecule is COC(=O)[C@@H]1C(C2(C)SCCCS2)=NO[C@H]1C(=O)OC. The van der Waals surface area contributed by atoms with Gasteiger partial charge < -0.3 is 14.3 Å². The Hall–Kier alpha value is -0.890. The van der Waals surface area contributed by atoms with Crippen LogP contribution < -0.4 is 0 Å². The molecule has 0 spiro atoms. The molecule has 2 rings (SSSR count). The van der Waals surface area contributed by atoms with Gasteiger partial charge in [0.05, 0.1) is 14.2 Å². The number of hydrogen-bond donors (Lipinski definition) is 0. The quantitative estimate of drug-likeness (QED) is 0.726. The highest BCUT2D eigenvalue weighted by Crippen LogP contribution is 2.46. The van der Waals surface area contributed by atoms with E-state index in [9.17, 15) is 9.59 Å². The predicted molar refractivity (Wildman–Crippen MR) is 77.8 cm³/mol. The smallest absolute Gasteiger partial charge is 0.351 e. The van der Waals surface area contributed by atoms with E-state index in [4.69, 9.17) is 9.57 Å². The number of esters is 2. The van der Waals surface area contributed by atoms with Gasteiger partial charge in [-0.05, 0) is 24.9 Å². The molecule has 20 heavy (non-hydrogen) atoms. The van der Waals surface area contributed by atoms with Crippen molar-refractivity contribution in [1.82, 2.24) is 0 Å². The van der Waals surface area contributed by atoms with Gasteiger partial charge in [-0.3, -0.25) is 4.79 Å². The largest absolute Gasteiger partial charge is 0.468 e. The molecule has 2 aliphatic heterocycles. The molecule has 0 saturated carbocycles. The van der Waals surface area contributed by atoms with Crippen LogP contribution in [0.5, 0.6) is 0 Å². The average Bonchev–Trinajstić information content (AvgIpc) is 2.92. The van der Waals surface area contributed by atoms with E-state index in [2.05, 4.69) is 9.89 Å². The summed E-state index contributed by atoms with van der Waals surface area (Å²) < 4.78 is 9.09. The van der Waals surface area contributed by atoms with E-state index in [1.807, 2.05) is 6.92 Å². The summed E-state index contributed by atoms with van der Waals surface area (Å²) in [5.41, 5.74) is 0.550. The van der Waals surface area contributed by atoms with E-state index in [0.29, 0.717) is 5.71 Å². The number of carbonyl (C=O) groups is 2. The third-order valence-electron chi connectivity index (χ3n) is 3.26. The molecule has 0 aromatic carbocycles. The molecule has 0 amide bonds. The first-order valence-corrected chi connectivity index (χ1v) is 8.18. The Morgan fingerprint density at radius 2 is 1.85 bits per heavy atom. The molecule has 1 fully saturated rings. The highest BCUT2D eigenvalue weighted by atomic mass is 32.2. The molecule has 0 aromatic heterocycles. The lowest BCUT2D eigenvalue weighted by Crippen LogP contribution is -2.45. The van der Waals surface area contributed by atoms with Gasteiger partial charge in [0.2, 0.25) is 6.10 Å². The van der Waals surface area contributed by atoms with Gasteiger partial charge in [-0.25, -0.2) is 4.79 Å². The third-order valence-corrected chi connectivity index (χ3v) is 6.47. The number of ether oxygens (including phenoxy) is 2. The van der Waals surface area contributed by atoms with Gasteiger partial charge in [-0.2, -0.15) is 0 Å². The van der Waals surface area contributed by atoms with Crippen molar-refractivity contribution in [3.8, 4) is 0 Å². The monoisotopic (exact) mass is 319 g/mol. The number of carbonyl (C=O) groups excluding carboxylic acids is 2. The first-order chi connectivity index (χ1) is 9.53. The zero-order valence-corrected chi connectivity index (χ0v) is 13.2. The molecule has 2 aliphatic rings. The van der Waals surface area contributed by atoms with Gasteiger partial charge in [-0.15, -0.1) is 23.5 Å². The number of hydrogen-bond acceptors (Lipinski definition) is 8. The lowest BCUT2D eigenvalue weighted by Gasteiger charge is -2.33. The molecule has 6 nitrogen and oxygen atoms in total. The van der Waals surface area contributed by atoms with Crippen LogP contribution in [0.15, 0.2) is 5.16 Å². The van der Waals surface area contributed by atoms with E-state index < -0.39 is 24.0 Å². The summed E-state index contributed by atoms with van der Waals surface area (Å²) in [4.78, 5) is 28.9. The van der Waals surface area contributed by atoms with E-state index in [1.54, 1.807) is 23.5 Å². The highest BCUT2D eigenvalue weighted by Gasteiger charge is 2.53. The van der Waals surface area contributed by atoms with Crippen molar-refractivity contribution in [2.24, 2.45) is 11.1 Å². The molecule has 0 aliphatic carbocycles. The van der Waals surface area contributed by atoms with Gasteiger partial charge in [0.25, 0.3) is 0 Å². The number of nitrogens with zero attached hydrogens (tertiary/aromatic N) is 1. The van der Waals surface area contributed by atoms with E-state index in [-0.39, 0.29) is 4.08 Å². The number of oxime groups is 1. The summed E-state index contributed by atoms with van der Waals surface area (Å²) in [5.74, 6) is -0.00716. The van der Waals surface area contributed by atoms with E-state index in [1.165, 1.54) is 14.2 Å². The van der Waals surface area contributed by atoms with Crippen LogP contribution in [0.2, 0.25) is 0 Å². The van der Waals surface area contributed by atoms with E-state index in [0.717, 1.165) is 17.9 Å². The lowest BCUT2D eigenvalue weighted by molar-refractivity contribution is -0.161. The Bertz CT molecular complexity index is 434. The zero-order chi connectivity index (χ0) is 14.8. The van der Waals surface area contributed by atoms with Gasteiger partial charge in [0.15, 0.2) is 5.92 Å². The van der Waals surface area contributed by atoms with Crippen LogP contribution in [0.1, 0.15) is 13.3 Å². The molecular weight excluding hydrogens is 302 g/mol. The summed E-state index contributed by atoms with van der Waals surface area (Å²) in [6, 6.07) is 0. The number of rotatable bonds is 3. The Morgan fingerprint density at radius 1 is 1.25 bits per heavy atom. The molecule has 0 aromatic rings. The average molecular weight is 319 g/mol. The Balaban J connectivity index is 2.27. The van der Waals surface area contributed by atoms with Crippen LogP contribution in [0.4, 0.5) is 0 Å². The van der Waals surface area contributed by atoms with Crippen LogP contribution in [0, 0.1) is 5.92 Å². The maximum absolute atomic E-state index is 12.0. The second-order valence-corrected chi connectivity index (χ2v) is 7.81. The summed E-state index contributed by atoms with van der Waals surface area (Å²) in [7, 11) is 2.54. The van der Waals surface area contributed by atoms with Crippen LogP contribution in [0.25, 0.3) is 0 Å². The van der Waals surface area contributed by atoms with Crippen molar-refractivity contribution in [3.63, 3.8) is 0 Å². The number of methoxy groups -OCH3 is 2. The molecule has 1 saturated heterocycles. The molecule has 0 radical (unpaired) electrons. The molecule has 2 heterocycles.